The van der Waals surface area contributed by atoms with Gasteiger partial charge in [0.1, 0.15) is 21.3 Å². The zero-order chi connectivity index (χ0) is 25.8. The van der Waals surface area contributed by atoms with Gasteiger partial charge in [-0.1, -0.05) is 11.3 Å². The third-order valence-corrected chi connectivity index (χ3v) is 8.96. The normalized spacial score (nSPS) is 21.8. The molecule has 10 heteroatoms. The van der Waals surface area contributed by atoms with E-state index in [1.165, 1.54) is 23.5 Å². The smallest absolute Gasteiger partial charge is 0.213 e. The highest BCUT2D eigenvalue weighted by molar-refractivity contribution is 7.91. The molecule has 1 fully saturated rings. The summed E-state index contributed by atoms with van der Waals surface area (Å²) < 4.78 is 56.1. The Kier molecular flexibility index (Phi) is 5.11. The van der Waals surface area contributed by atoms with Crippen LogP contribution >= 0.6 is 11.3 Å². The Hall–Kier alpha value is -2.01. The van der Waals surface area contributed by atoms with Crippen LogP contribution in [0.2, 0.25) is 0 Å². The molecule has 1 aliphatic carbocycles. The average molecular weight is 483 g/mol. The number of ether oxygens (including phenoxy) is 1. The maximum Gasteiger partial charge on any atom is 0.213 e. The van der Waals surface area contributed by atoms with Crippen molar-refractivity contribution in [1.29, 1.82) is 0 Å². The first-order valence-electron chi connectivity index (χ1n) is 12.0. The van der Waals surface area contributed by atoms with Crippen LogP contribution in [0.25, 0.3) is 16.2 Å². The maximum atomic E-state index is 13.5. The van der Waals surface area contributed by atoms with Gasteiger partial charge in [-0.2, -0.15) is 5.10 Å². The van der Waals surface area contributed by atoms with Gasteiger partial charge >= 0.3 is 0 Å². The first-order chi connectivity index (χ1) is 16.1. The fraction of sp³-hybridized carbons (Fsp3) is 0.545. The lowest BCUT2D eigenvalue weighted by molar-refractivity contribution is 0.0773. The molecule has 0 spiro atoms. The monoisotopic (exact) mass is 482 g/mol. The molecule has 0 saturated heterocycles. The third-order valence-electron chi connectivity index (χ3n) is 5.83. The lowest BCUT2D eigenvalue weighted by Crippen LogP contribution is -2.24. The second-order valence-electron chi connectivity index (χ2n) is 8.93. The predicted octanol–water partition coefficient (Wildman–Crippen LogP) is 3.33. The Morgan fingerprint density at radius 1 is 1.31 bits per heavy atom. The van der Waals surface area contributed by atoms with Crippen LogP contribution in [0.5, 0.6) is 5.75 Å². The standard InChI is InChI=1S/C22H29N3O5S2/c1-13-19(25-21(23-13)31-20(24-25)22(2,3)27)15-7-10-17(30-4)18(11-15)32(28,29)12-14-5-8-16(26)9-6-14/h7,10-11,14,16,26-27H,5-6,8-9,12H2,1-4H3/i4D3. The topological polar surface area (TPSA) is 114 Å². The fourth-order valence-corrected chi connectivity index (χ4v) is 6.92. The van der Waals surface area contributed by atoms with E-state index in [0.717, 1.165) is 0 Å². The molecule has 2 aromatic heterocycles. The summed E-state index contributed by atoms with van der Waals surface area (Å²) >= 11 is 1.23. The Balaban J connectivity index is 1.80. The molecular formula is C22H29N3O5S2. The number of imidazole rings is 1. The number of hydrogen-bond donors (Lipinski definition) is 2. The minimum absolute atomic E-state index is 0.135. The van der Waals surface area contributed by atoms with E-state index in [-0.39, 0.29) is 22.3 Å². The Morgan fingerprint density at radius 3 is 2.69 bits per heavy atom. The molecule has 1 aliphatic rings. The number of hydrogen-bond acceptors (Lipinski definition) is 8. The third kappa shape index (κ3) is 4.41. The maximum absolute atomic E-state index is 13.5. The zero-order valence-corrected chi connectivity index (χ0v) is 19.8. The number of sulfone groups is 1. The molecule has 3 aromatic rings. The molecule has 32 heavy (non-hydrogen) atoms. The van der Waals surface area contributed by atoms with E-state index in [0.29, 0.717) is 52.6 Å². The Morgan fingerprint density at radius 2 is 2.03 bits per heavy atom. The van der Waals surface area contributed by atoms with Crippen molar-refractivity contribution >= 4 is 26.1 Å². The van der Waals surface area contributed by atoms with Crippen molar-refractivity contribution < 1.29 is 27.5 Å². The molecule has 0 amide bonds. The van der Waals surface area contributed by atoms with Crippen LogP contribution in [0.15, 0.2) is 23.1 Å². The fourth-order valence-electron chi connectivity index (χ4n) is 4.12. The number of methoxy groups -OCH3 is 1. The molecule has 0 radical (unpaired) electrons. The molecule has 0 atom stereocenters. The minimum atomic E-state index is -3.92. The number of fused-ring (bicyclic) bond motifs is 1. The second kappa shape index (κ2) is 8.40. The van der Waals surface area contributed by atoms with Crippen molar-refractivity contribution in [3.05, 3.63) is 28.9 Å². The van der Waals surface area contributed by atoms with E-state index in [9.17, 15) is 18.6 Å². The summed E-state index contributed by atoms with van der Waals surface area (Å²) in [6, 6.07) is 4.34. The van der Waals surface area contributed by atoms with Crippen LogP contribution in [0.3, 0.4) is 0 Å². The summed E-state index contributed by atoms with van der Waals surface area (Å²) in [6.07, 6.45) is 1.83. The van der Waals surface area contributed by atoms with Crippen LogP contribution in [-0.2, 0) is 15.4 Å². The molecule has 2 N–H and O–H groups in total. The van der Waals surface area contributed by atoms with Crippen molar-refractivity contribution in [3.8, 4) is 17.0 Å². The number of benzene rings is 1. The quantitative estimate of drug-likeness (QED) is 0.554. The number of rotatable bonds is 6. The molecule has 0 unspecified atom stereocenters. The number of aryl methyl sites for hydroxylation is 1. The van der Waals surface area contributed by atoms with Crippen molar-refractivity contribution in [1.82, 2.24) is 14.6 Å². The molecule has 174 valence electrons. The number of nitrogens with zero attached hydrogens (tertiary/aromatic N) is 3. The van der Waals surface area contributed by atoms with E-state index >= 15 is 0 Å². The van der Waals surface area contributed by atoms with Crippen LogP contribution in [0.1, 0.15) is 54.3 Å². The van der Waals surface area contributed by atoms with Crippen LogP contribution in [-0.4, -0.2) is 52.1 Å². The van der Waals surface area contributed by atoms with E-state index < -0.39 is 28.6 Å². The summed E-state index contributed by atoms with van der Waals surface area (Å²) in [6.45, 7) is 5.01. The van der Waals surface area contributed by atoms with E-state index in [1.54, 1.807) is 31.4 Å². The van der Waals surface area contributed by atoms with Gasteiger partial charge in [0.25, 0.3) is 0 Å². The summed E-state index contributed by atoms with van der Waals surface area (Å²) in [5, 5.41) is 25.0. The van der Waals surface area contributed by atoms with Crippen LogP contribution in [0.4, 0.5) is 0 Å². The molecule has 0 aliphatic heterocycles. The molecule has 0 bridgehead atoms. The van der Waals surface area contributed by atoms with Crippen molar-refractivity contribution in [2.24, 2.45) is 5.92 Å². The van der Waals surface area contributed by atoms with Crippen molar-refractivity contribution in [3.63, 3.8) is 0 Å². The summed E-state index contributed by atoms with van der Waals surface area (Å²) in [5.74, 6) is -0.539. The highest BCUT2D eigenvalue weighted by Gasteiger charge is 2.29. The minimum Gasteiger partial charge on any atom is -0.495 e. The molecule has 4 rings (SSSR count). The Bertz CT molecular complexity index is 1330. The lowest BCUT2D eigenvalue weighted by atomic mass is 9.89. The molecular weight excluding hydrogens is 450 g/mol. The summed E-state index contributed by atoms with van der Waals surface area (Å²) in [7, 11) is -6.74. The predicted molar refractivity (Wildman–Crippen MR) is 123 cm³/mol. The van der Waals surface area contributed by atoms with Crippen molar-refractivity contribution in [2.45, 2.75) is 63.1 Å². The number of aromatic nitrogens is 3. The second-order valence-corrected chi connectivity index (χ2v) is 11.9. The molecule has 1 aromatic carbocycles. The van der Waals surface area contributed by atoms with Gasteiger partial charge in [0, 0.05) is 5.56 Å². The van der Waals surface area contributed by atoms with Gasteiger partial charge in [0.2, 0.25) is 4.96 Å². The van der Waals surface area contributed by atoms with Gasteiger partial charge in [-0.3, -0.25) is 0 Å². The van der Waals surface area contributed by atoms with Gasteiger partial charge in [0.05, 0.1) is 34.4 Å². The lowest BCUT2D eigenvalue weighted by Gasteiger charge is -2.25. The van der Waals surface area contributed by atoms with Gasteiger partial charge in [-0.25, -0.2) is 17.9 Å². The molecule has 8 nitrogen and oxygen atoms in total. The van der Waals surface area contributed by atoms with Gasteiger partial charge in [-0.05, 0) is 70.6 Å². The molecule has 2 heterocycles. The van der Waals surface area contributed by atoms with E-state index in [4.69, 9.17) is 8.85 Å². The first-order valence-corrected chi connectivity index (χ1v) is 12.9. The largest absolute Gasteiger partial charge is 0.495 e. The summed E-state index contributed by atoms with van der Waals surface area (Å²) in [4.78, 5) is 4.85. The van der Waals surface area contributed by atoms with Crippen molar-refractivity contribution in [2.75, 3.05) is 12.8 Å². The first kappa shape index (κ1) is 19.5. The number of aliphatic hydroxyl groups is 2. The Labute approximate surface area is 196 Å². The molecule has 1 saturated carbocycles. The summed E-state index contributed by atoms with van der Waals surface area (Å²) in [5.41, 5.74) is 0.471. The number of aliphatic hydroxyl groups excluding tert-OH is 1. The van der Waals surface area contributed by atoms with E-state index in [1.807, 2.05) is 0 Å². The van der Waals surface area contributed by atoms with E-state index in [2.05, 4.69) is 10.1 Å². The van der Waals surface area contributed by atoms with Crippen LogP contribution in [0, 0.1) is 12.8 Å². The highest BCUT2D eigenvalue weighted by atomic mass is 32.2. The zero-order valence-electron chi connectivity index (χ0n) is 21.2. The SMILES string of the molecule is [2H]C([2H])([2H])Oc1ccc(-c2c(C)nc3sc(C(C)(C)O)nn23)cc1S(=O)(=O)CC1CCC(O)CC1. The van der Waals surface area contributed by atoms with Gasteiger partial charge < -0.3 is 14.9 Å². The van der Waals surface area contributed by atoms with Gasteiger partial charge in [-0.15, -0.1) is 0 Å². The average Bonchev–Trinajstić information content (AvgIpc) is 3.26. The van der Waals surface area contributed by atoms with Gasteiger partial charge in [0.15, 0.2) is 9.84 Å². The van der Waals surface area contributed by atoms with Crippen LogP contribution < -0.4 is 4.74 Å². The highest BCUT2D eigenvalue weighted by Crippen LogP contribution is 2.36.